The molecule has 8 heteroatoms. The molecule has 5 nitrogen and oxygen atoms in total. The molecule has 0 fully saturated rings. The summed E-state index contributed by atoms with van der Waals surface area (Å²) in [6.07, 6.45) is -5.75. The average Bonchev–Trinajstić information content (AvgIpc) is 2.21. The zero-order chi connectivity index (χ0) is 16.1. The van der Waals surface area contributed by atoms with Crippen LogP contribution < -0.4 is 5.32 Å². The minimum Gasteiger partial charge on any atom is -0.464 e. The Morgan fingerprint density at radius 2 is 1.70 bits per heavy atom. The van der Waals surface area contributed by atoms with Gasteiger partial charge < -0.3 is 14.8 Å². The van der Waals surface area contributed by atoms with Crippen molar-refractivity contribution in [3.05, 3.63) is 0 Å². The van der Waals surface area contributed by atoms with Gasteiger partial charge in [0.15, 0.2) is 0 Å². The number of alkyl carbamates (subject to hydrolysis) is 1. The van der Waals surface area contributed by atoms with Gasteiger partial charge in [0.2, 0.25) is 0 Å². The van der Waals surface area contributed by atoms with Gasteiger partial charge in [-0.25, -0.2) is 9.59 Å². The molecule has 118 valence electrons. The minimum atomic E-state index is -4.65. The van der Waals surface area contributed by atoms with Gasteiger partial charge in [0.1, 0.15) is 11.6 Å². The molecule has 0 saturated heterocycles. The molecule has 1 N–H and O–H groups in total. The van der Waals surface area contributed by atoms with E-state index in [0.29, 0.717) is 0 Å². The Morgan fingerprint density at radius 1 is 1.20 bits per heavy atom. The molecule has 0 heterocycles. The first-order valence-electron chi connectivity index (χ1n) is 6.11. The Balaban J connectivity index is 4.96. The van der Waals surface area contributed by atoms with E-state index in [1.54, 1.807) is 20.8 Å². The molecule has 20 heavy (non-hydrogen) atoms. The number of amides is 1. The Morgan fingerprint density at radius 3 is 2.05 bits per heavy atom. The van der Waals surface area contributed by atoms with Crippen molar-refractivity contribution in [2.24, 2.45) is 5.92 Å². The number of halogens is 3. The summed E-state index contributed by atoms with van der Waals surface area (Å²) in [5, 5.41) is 1.91. The summed E-state index contributed by atoms with van der Waals surface area (Å²) in [6.45, 7) is 6.83. The van der Waals surface area contributed by atoms with Crippen LogP contribution in [0.25, 0.3) is 0 Å². The van der Waals surface area contributed by atoms with Crippen LogP contribution >= 0.6 is 0 Å². The predicted molar refractivity (Wildman–Crippen MR) is 65.0 cm³/mol. The standard InChI is InChI=1S/C12H20F3NO4/c1-6-19-9(17)8(7(2)12(13,14)15)16-10(18)20-11(3,4)5/h7-8H,6H2,1-5H3,(H,16,18). The summed E-state index contributed by atoms with van der Waals surface area (Å²) < 4.78 is 47.4. The van der Waals surface area contributed by atoms with Crippen molar-refractivity contribution < 1.29 is 32.2 Å². The zero-order valence-corrected chi connectivity index (χ0v) is 12.1. The number of ether oxygens (including phenoxy) is 2. The highest BCUT2D eigenvalue weighted by Crippen LogP contribution is 2.29. The van der Waals surface area contributed by atoms with Crippen LogP contribution in [0.4, 0.5) is 18.0 Å². The van der Waals surface area contributed by atoms with E-state index in [-0.39, 0.29) is 6.61 Å². The molecule has 1 amide bonds. The van der Waals surface area contributed by atoms with Gasteiger partial charge in [0.25, 0.3) is 0 Å². The lowest BCUT2D eigenvalue weighted by Gasteiger charge is -2.27. The predicted octanol–water partition coefficient (Wildman–Crippen LogP) is 2.64. The van der Waals surface area contributed by atoms with E-state index >= 15 is 0 Å². The van der Waals surface area contributed by atoms with Gasteiger partial charge in [-0.15, -0.1) is 0 Å². The maximum atomic E-state index is 12.7. The van der Waals surface area contributed by atoms with E-state index in [9.17, 15) is 22.8 Å². The molecule has 0 aliphatic rings. The zero-order valence-electron chi connectivity index (χ0n) is 12.1. The lowest BCUT2D eigenvalue weighted by molar-refractivity contribution is -0.186. The lowest BCUT2D eigenvalue weighted by atomic mass is 10.0. The number of alkyl halides is 3. The number of esters is 1. The Hall–Kier alpha value is -1.47. The molecule has 0 spiro atoms. The van der Waals surface area contributed by atoms with Gasteiger partial charge in [0.05, 0.1) is 12.5 Å². The first kappa shape index (κ1) is 18.5. The highest BCUT2D eigenvalue weighted by Gasteiger charge is 2.46. The van der Waals surface area contributed by atoms with Gasteiger partial charge in [-0.1, -0.05) is 6.92 Å². The minimum absolute atomic E-state index is 0.0874. The number of rotatable bonds is 4. The van der Waals surface area contributed by atoms with Crippen LogP contribution in [0.2, 0.25) is 0 Å². The first-order chi connectivity index (χ1) is 8.88. The van der Waals surface area contributed by atoms with Crippen molar-refractivity contribution in [2.75, 3.05) is 6.61 Å². The number of carbonyl (C=O) groups is 2. The lowest BCUT2D eigenvalue weighted by Crippen LogP contribution is -2.51. The van der Waals surface area contributed by atoms with Crippen LogP contribution in [0.15, 0.2) is 0 Å². The summed E-state index contributed by atoms with van der Waals surface area (Å²) in [5.74, 6) is -3.24. The van der Waals surface area contributed by atoms with E-state index in [1.807, 2.05) is 5.32 Å². The third-order valence-corrected chi connectivity index (χ3v) is 2.23. The van der Waals surface area contributed by atoms with Crippen molar-refractivity contribution in [2.45, 2.75) is 52.4 Å². The molecule has 0 aromatic carbocycles. The second-order valence-corrected chi connectivity index (χ2v) is 5.21. The highest BCUT2D eigenvalue weighted by molar-refractivity contribution is 5.81. The van der Waals surface area contributed by atoms with Crippen LogP contribution in [0.3, 0.4) is 0 Å². The Labute approximate surface area is 115 Å². The number of carbonyl (C=O) groups excluding carboxylic acids is 2. The number of nitrogens with one attached hydrogen (secondary N) is 1. The normalized spacial score (nSPS) is 15.2. The Kier molecular flexibility index (Phi) is 6.31. The third kappa shape index (κ3) is 6.63. The quantitative estimate of drug-likeness (QED) is 0.811. The average molecular weight is 299 g/mol. The molecule has 0 bridgehead atoms. The molecule has 0 saturated carbocycles. The largest absolute Gasteiger partial charge is 0.464 e. The van der Waals surface area contributed by atoms with Gasteiger partial charge in [-0.2, -0.15) is 13.2 Å². The van der Waals surface area contributed by atoms with E-state index in [0.717, 1.165) is 6.92 Å². The van der Waals surface area contributed by atoms with Gasteiger partial charge in [-0.3, -0.25) is 0 Å². The van der Waals surface area contributed by atoms with Crippen LogP contribution in [0.5, 0.6) is 0 Å². The molecule has 0 aromatic heterocycles. The third-order valence-electron chi connectivity index (χ3n) is 2.23. The Bertz CT molecular complexity index is 350. The smallest absolute Gasteiger partial charge is 0.408 e. The topological polar surface area (TPSA) is 64.6 Å². The molecule has 0 aromatic rings. The summed E-state index contributed by atoms with van der Waals surface area (Å²) in [6, 6.07) is -1.84. The van der Waals surface area contributed by atoms with Crippen molar-refractivity contribution in [1.29, 1.82) is 0 Å². The fraction of sp³-hybridized carbons (Fsp3) is 0.833. The monoisotopic (exact) mass is 299 g/mol. The van der Waals surface area contributed by atoms with E-state index in [4.69, 9.17) is 4.74 Å². The molecule has 0 aliphatic carbocycles. The molecule has 2 atom stereocenters. The fourth-order valence-electron chi connectivity index (χ4n) is 1.24. The second kappa shape index (κ2) is 6.81. The molecule has 0 rings (SSSR count). The van der Waals surface area contributed by atoms with Crippen molar-refractivity contribution in [3.63, 3.8) is 0 Å². The van der Waals surface area contributed by atoms with E-state index in [2.05, 4.69) is 4.74 Å². The van der Waals surface area contributed by atoms with Crippen molar-refractivity contribution in [1.82, 2.24) is 5.32 Å². The summed E-state index contributed by atoms with van der Waals surface area (Å²) in [4.78, 5) is 23.0. The molecular formula is C12H20F3NO4. The van der Waals surface area contributed by atoms with E-state index < -0.39 is 35.8 Å². The summed E-state index contributed by atoms with van der Waals surface area (Å²) in [5.41, 5.74) is -0.884. The maximum Gasteiger partial charge on any atom is 0.408 e. The fourth-order valence-corrected chi connectivity index (χ4v) is 1.24. The molecular weight excluding hydrogens is 279 g/mol. The SMILES string of the molecule is CCOC(=O)C(NC(=O)OC(C)(C)C)C(C)C(F)(F)F. The van der Waals surface area contributed by atoms with Gasteiger partial charge in [0, 0.05) is 0 Å². The first-order valence-corrected chi connectivity index (χ1v) is 6.11. The molecule has 2 unspecified atom stereocenters. The summed E-state index contributed by atoms with van der Waals surface area (Å²) >= 11 is 0. The van der Waals surface area contributed by atoms with Crippen LogP contribution in [0.1, 0.15) is 34.6 Å². The van der Waals surface area contributed by atoms with Crippen LogP contribution in [-0.4, -0.2) is 36.5 Å². The highest BCUT2D eigenvalue weighted by atomic mass is 19.4. The molecule has 0 aliphatic heterocycles. The maximum absolute atomic E-state index is 12.7. The van der Waals surface area contributed by atoms with Crippen LogP contribution in [0, 0.1) is 5.92 Å². The van der Waals surface area contributed by atoms with E-state index in [1.165, 1.54) is 6.92 Å². The second-order valence-electron chi connectivity index (χ2n) is 5.21. The van der Waals surface area contributed by atoms with Gasteiger partial charge >= 0.3 is 18.2 Å². The number of hydrogen-bond acceptors (Lipinski definition) is 4. The molecule has 0 radical (unpaired) electrons. The van der Waals surface area contributed by atoms with Gasteiger partial charge in [-0.05, 0) is 27.7 Å². The van der Waals surface area contributed by atoms with Crippen LogP contribution in [-0.2, 0) is 14.3 Å². The van der Waals surface area contributed by atoms with Crippen molar-refractivity contribution in [3.8, 4) is 0 Å². The van der Waals surface area contributed by atoms with Crippen molar-refractivity contribution >= 4 is 12.1 Å². The summed E-state index contributed by atoms with van der Waals surface area (Å²) in [7, 11) is 0. The number of hydrogen-bond donors (Lipinski definition) is 1.